The van der Waals surface area contributed by atoms with Gasteiger partial charge in [0.25, 0.3) is 0 Å². The van der Waals surface area contributed by atoms with Crippen molar-refractivity contribution in [3.8, 4) is 55.8 Å². The summed E-state index contributed by atoms with van der Waals surface area (Å²) in [4.78, 5) is 5.19. The Morgan fingerprint density at radius 1 is 0.288 bits per heavy atom. The first-order chi connectivity index (χ1) is 25.8. The Kier molecular flexibility index (Phi) is 7.22. The average Bonchev–Trinajstić information content (AvgIpc) is 3.23. The van der Waals surface area contributed by atoms with Crippen LogP contribution in [0.3, 0.4) is 0 Å². The van der Waals surface area contributed by atoms with Crippen LogP contribution in [0.25, 0.3) is 99.0 Å². The predicted molar refractivity (Wildman–Crippen MR) is 221 cm³/mol. The summed E-state index contributed by atoms with van der Waals surface area (Å²) in [5.41, 5.74) is 12.8. The van der Waals surface area contributed by atoms with E-state index in [-0.39, 0.29) is 0 Å². The summed E-state index contributed by atoms with van der Waals surface area (Å²) < 4.78 is 0. The quantitative estimate of drug-likeness (QED) is 0.132. The Morgan fingerprint density at radius 2 is 0.808 bits per heavy atom. The molecule has 242 valence electrons. The summed E-state index contributed by atoms with van der Waals surface area (Å²) in [6, 6.07) is 72.4. The van der Waals surface area contributed by atoms with Crippen LogP contribution in [-0.2, 0) is 0 Å². The maximum Gasteiger partial charge on any atom is 0.0722 e. The van der Waals surface area contributed by atoms with Crippen LogP contribution in [0.1, 0.15) is 0 Å². The lowest BCUT2D eigenvalue weighted by molar-refractivity contribution is 1.40. The SMILES string of the molecule is c1ccc(-c2cc(-c3cccc(-c4ccc5c(-c6ccccc6)c6ccccc6c(-c6ccccc6)c5c4)c3)c3c(ccc4ccccc43)n2)cc1. The van der Waals surface area contributed by atoms with E-state index in [4.69, 9.17) is 4.98 Å². The highest BCUT2D eigenvalue weighted by atomic mass is 14.7. The largest absolute Gasteiger partial charge is 0.248 e. The molecule has 0 amide bonds. The summed E-state index contributed by atoms with van der Waals surface area (Å²) in [5, 5.41) is 8.63. The van der Waals surface area contributed by atoms with E-state index >= 15 is 0 Å². The van der Waals surface area contributed by atoms with Crippen LogP contribution in [0.15, 0.2) is 200 Å². The van der Waals surface area contributed by atoms with Crippen LogP contribution in [0, 0.1) is 0 Å². The summed E-state index contributed by atoms with van der Waals surface area (Å²) in [6.45, 7) is 0. The number of aromatic nitrogens is 1. The van der Waals surface area contributed by atoms with Gasteiger partial charge in [0, 0.05) is 10.9 Å². The van der Waals surface area contributed by atoms with Gasteiger partial charge < -0.3 is 0 Å². The van der Waals surface area contributed by atoms with Crippen LogP contribution in [0.2, 0.25) is 0 Å². The molecule has 0 saturated carbocycles. The first-order valence-corrected chi connectivity index (χ1v) is 17.9. The van der Waals surface area contributed by atoms with Gasteiger partial charge in [0.2, 0.25) is 0 Å². The molecule has 0 fully saturated rings. The van der Waals surface area contributed by atoms with Gasteiger partial charge in [0.1, 0.15) is 0 Å². The second kappa shape index (κ2) is 12.5. The molecule has 0 aliphatic heterocycles. The van der Waals surface area contributed by atoms with Crippen LogP contribution in [0.4, 0.5) is 0 Å². The molecule has 0 aliphatic rings. The maximum absolute atomic E-state index is 5.19. The fourth-order valence-electron chi connectivity index (χ4n) is 8.05. The Bertz CT molecular complexity index is 2930. The van der Waals surface area contributed by atoms with E-state index in [0.29, 0.717) is 0 Å². The van der Waals surface area contributed by atoms with Crippen molar-refractivity contribution in [3.05, 3.63) is 200 Å². The monoisotopic (exact) mass is 659 g/mol. The lowest BCUT2D eigenvalue weighted by Gasteiger charge is -2.19. The van der Waals surface area contributed by atoms with Crippen molar-refractivity contribution in [2.24, 2.45) is 0 Å². The zero-order chi connectivity index (χ0) is 34.4. The molecule has 52 heavy (non-hydrogen) atoms. The predicted octanol–water partition coefficient (Wildman–Crippen LogP) is 14.0. The molecule has 0 unspecified atom stereocenters. The molecule has 0 atom stereocenters. The van der Waals surface area contributed by atoms with Gasteiger partial charge in [-0.2, -0.15) is 0 Å². The Balaban J connectivity index is 1.23. The van der Waals surface area contributed by atoms with Gasteiger partial charge in [0.05, 0.1) is 11.2 Å². The van der Waals surface area contributed by atoms with Crippen LogP contribution in [-0.4, -0.2) is 4.98 Å². The number of nitrogens with zero attached hydrogens (tertiary/aromatic N) is 1. The zero-order valence-corrected chi connectivity index (χ0v) is 28.5. The first-order valence-electron chi connectivity index (χ1n) is 17.9. The molecule has 1 nitrogen and oxygen atoms in total. The molecule has 10 rings (SSSR count). The third kappa shape index (κ3) is 5.06. The molecule has 10 aromatic rings. The highest BCUT2D eigenvalue weighted by molar-refractivity contribution is 6.22. The van der Waals surface area contributed by atoms with Crippen molar-refractivity contribution in [2.45, 2.75) is 0 Å². The van der Waals surface area contributed by atoms with Crippen LogP contribution >= 0.6 is 0 Å². The van der Waals surface area contributed by atoms with E-state index in [1.165, 1.54) is 82.2 Å². The number of hydrogen-bond donors (Lipinski definition) is 0. The minimum absolute atomic E-state index is 0.974. The third-order valence-corrected chi connectivity index (χ3v) is 10.4. The van der Waals surface area contributed by atoms with Crippen LogP contribution in [0.5, 0.6) is 0 Å². The molecular weight excluding hydrogens is 627 g/mol. The minimum Gasteiger partial charge on any atom is -0.248 e. The molecule has 1 aromatic heterocycles. The number of rotatable bonds is 5. The molecule has 9 aromatic carbocycles. The number of pyridine rings is 1. The van der Waals surface area contributed by atoms with E-state index in [0.717, 1.165) is 16.8 Å². The van der Waals surface area contributed by atoms with E-state index in [1.807, 2.05) is 0 Å². The van der Waals surface area contributed by atoms with E-state index in [2.05, 4.69) is 200 Å². The highest BCUT2D eigenvalue weighted by Crippen LogP contribution is 2.45. The number of hydrogen-bond acceptors (Lipinski definition) is 1. The van der Waals surface area contributed by atoms with Gasteiger partial charge in [-0.15, -0.1) is 0 Å². The van der Waals surface area contributed by atoms with Crippen molar-refractivity contribution < 1.29 is 0 Å². The third-order valence-electron chi connectivity index (χ3n) is 10.4. The highest BCUT2D eigenvalue weighted by Gasteiger charge is 2.18. The van der Waals surface area contributed by atoms with Crippen molar-refractivity contribution in [3.63, 3.8) is 0 Å². The zero-order valence-electron chi connectivity index (χ0n) is 28.5. The maximum atomic E-state index is 5.19. The fourth-order valence-corrected chi connectivity index (χ4v) is 8.05. The van der Waals surface area contributed by atoms with Gasteiger partial charge in [-0.05, 0) is 101 Å². The first kappa shape index (κ1) is 30.0. The number of benzene rings is 9. The molecule has 0 N–H and O–H groups in total. The van der Waals surface area contributed by atoms with Crippen molar-refractivity contribution in [1.29, 1.82) is 0 Å². The van der Waals surface area contributed by atoms with E-state index in [9.17, 15) is 0 Å². The van der Waals surface area contributed by atoms with Crippen LogP contribution < -0.4 is 0 Å². The number of fused-ring (bicyclic) bond motifs is 5. The lowest BCUT2D eigenvalue weighted by Crippen LogP contribution is -1.92. The summed E-state index contributed by atoms with van der Waals surface area (Å²) in [7, 11) is 0. The van der Waals surface area contributed by atoms with Gasteiger partial charge in [-0.1, -0.05) is 176 Å². The molecule has 0 bridgehead atoms. The van der Waals surface area contributed by atoms with Gasteiger partial charge in [-0.3, -0.25) is 0 Å². The standard InChI is InChI=1S/C51H33N/c1-4-16-35(17-5-1)48-33-45(51-41-24-11-10-15-34(41)28-30-47(51)52-48)40-23-14-22-38(31-40)39-27-29-44-46(32-39)50(37-20-8-3-9-21-37)43-26-13-12-25-42(43)49(44)36-18-6-2-7-19-36/h1-33H. The molecule has 0 radical (unpaired) electrons. The van der Waals surface area contributed by atoms with E-state index < -0.39 is 0 Å². The minimum atomic E-state index is 0.974. The Labute approximate surface area is 303 Å². The lowest BCUT2D eigenvalue weighted by atomic mass is 9.84. The van der Waals surface area contributed by atoms with Crippen molar-refractivity contribution in [2.75, 3.05) is 0 Å². The second-order valence-electron chi connectivity index (χ2n) is 13.5. The van der Waals surface area contributed by atoms with Crippen molar-refractivity contribution >= 4 is 43.2 Å². The topological polar surface area (TPSA) is 12.9 Å². The molecule has 1 heteroatoms. The van der Waals surface area contributed by atoms with Gasteiger partial charge in [-0.25, -0.2) is 4.98 Å². The molecule has 0 spiro atoms. The van der Waals surface area contributed by atoms with Crippen molar-refractivity contribution in [1.82, 2.24) is 4.98 Å². The molecule has 0 aliphatic carbocycles. The molecule has 0 saturated heterocycles. The Hall–Kier alpha value is -6.83. The molecular formula is C51H33N. The average molecular weight is 660 g/mol. The molecule has 1 heterocycles. The van der Waals surface area contributed by atoms with Gasteiger partial charge in [0.15, 0.2) is 0 Å². The second-order valence-corrected chi connectivity index (χ2v) is 13.5. The summed E-state index contributed by atoms with van der Waals surface area (Å²) in [5.74, 6) is 0. The smallest absolute Gasteiger partial charge is 0.0722 e. The fraction of sp³-hybridized carbons (Fsp3) is 0. The Morgan fingerprint density at radius 3 is 1.50 bits per heavy atom. The van der Waals surface area contributed by atoms with Gasteiger partial charge >= 0.3 is 0 Å². The summed E-state index contributed by atoms with van der Waals surface area (Å²) >= 11 is 0. The summed E-state index contributed by atoms with van der Waals surface area (Å²) in [6.07, 6.45) is 0. The van der Waals surface area contributed by atoms with E-state index in [1.54, 1.807) is 0 Å². The normalized spacial score (nSPS) is 11.5.